The van der Waals surface area contributed by atoms with E-state index in [0.717, 1.165) is 17.7 Å². The highest BCUT2D eigenvalue weighted by molar-refractivity contribution is 5.55. The van der Waals surface area contributed by atoms with Crippen molar-refractivity contribution in [2.45, 2.75) is 26.3 Å². The Hall–Kier alpha value is -2.84. The van der Waals surface area contributed by atoms with E-state index in [1.807, 2.05) is 6.07 Å². The second-order valence-corrected chi connectivity index (χ2v) is 5.87. The van der Waals surface area contributed by atoms with Gasteiger partial charge in [0.15, 0.2) is 0 Å². The van der Waals surface area contributed by atoms with Crippen LogP contribution in [-0.2, 0) is 19.3 Å². The minimum atomic E-state index is -4.43. The topological polar surface area (TPSA) is 67.5 Å². The lowest BCUT2D eigenvalue weighted by Crippen LogP contribution is -2.06. The van der Waals surface area contributed by atoms with Crippen molar-refractivity contribution in [1.82, 2.24) is 10.5 Å². The van der Waals surface area contributed by atoms with Crippen molar-refractivity contribution in [3.63, 3.8) is 0 Å². The van der Waals surface area contributed by atoms with Gasteiger partial charge in [0, 0.05) is 12.1 Å². The van der Waals surface area contributed by atoms with E-state index >= 15 is 0 Å². The molecule has 0 amide bonds. The normalized spacial score (nSPS) is 11.6. The Balaban J connectivity index is 1.76. The average Bonchev–Trinajstić information content (AvgIpc) is 3.01. The molecule has 0 aliphatic rings. The van der Waals surface area contributed by atoms with Crippen molar-refractivity contribution in [1.29, 1.82) is 0 Å². The standard InChI is InChI=1S/C19H17F3N2O3/c1-12-17(11-26-16-7-2-4-13(8-16)10-23-25)24-18(27-12)14-5-3-6-15(9-14)19(20,21)22/h2-9,23,25H,10-11H2,1H3. The number of hydrogen-bond donors (Lipinski definition) is 2. The van der Waals surface area contributed by atoms with Crippen LogP contribution in [0.25, 0.3) is 11.5 Å². The summed E-state index contributed by atoms with van der Waals surface area (Å²) in [6.45, 7) is 2.05. The number of ether oxygens (including phenoxy) is 1. The van der Waals surface area contributed by atoms with Crippen LogP contribution >= 0.6 is 0 Å². The second kappa shape index (κ2) is 7.81. The van der Waals surface area contributed by atoms with Gasteiger partial charge in [0.1, 0.15) is 23.8 Å². The summed E-state index contributed by atoms with van der Waals surface area (Å²) in [5.41, 5.74) is 2.88. The first kappa shape index (κ1) is 18.9. The lowest BCUT2D eigenvalue weighted by Gasteiger charge is -2.07. The Morgan fingerprint density at radius 2 is 1.93 bits per heavy atom. The third kappa shape index (κ3) is 4.66. The quantitative estimate of drug-likeness (QED) is 0.607. The molecule has 5 nitrogen and oxygen atoms in total. The molecule has 2 aromatic carbocycles. The van der Waals surface area contributed by atoms with Crippen molar-refractivity contribution >= 4 is 0 Å². The van der Waals surface area contributed by atoms with E-state index in [2.05, 4.69) is 10.5 Å². The fourth-order valence-electron chi connectivity index (χ4n) is 2.50. The number of oxazole rings is 1. The number of hydrogen-bond acceptors (Lipinski definition) is 5. The summed E-state index contributed by atoms with van der Waals surface area (Å²) >= 11 is 0. The van der Waals surface area contributed by atoms with Crippen LogP contribution in [0.15, 0.2) is 52.9 Å². The molecule has 142 valence electrons. The Morgan fingerprint density at radius 3 is 2.67 bits per heavy atom. The monoisotopic (exact) mass is 378 g/mol. The first-order chi connectivity index (χ1) is 12.9. The zero-order chi connectivity index (χ0) is 19.4. The van der Waals surface area contributed by atoms with Gasteiger partial charge in [0.25, 0.3) is 0 Å². The number of nitrogens with one attached hydrogen (secondary N) is 1. The van der Waals surface area contributed by atoms with Gasteiger partial charge in [0.2, 0.25) is 5.89 Å². The largest absolute Gasteiger partial charge is 0.487 e. The zero-order valence-corrected chi connectivity index (χ0v) is 14.4. The van der Waals surface area contributed by atoms with Gasteiger partial charge in [0.05, 0.1) is 5.56 Å². The summed E-state index contributed by atoms with van der Waals surface area (Å²) < 4.78 is 49.8. The van der Waals surface area contributed by atoms with Crippen LogP contribution in [0, 0.1) is 6.92 Å². The maximum atomic E-state index is 12.9. The smallest absolute Gasteiger partial charge is 0.416 e. The average molecular weight is 378 g/mol. The lowest BCUT2D eigenvalue weighted by molar-refractivity contribution is -0.137. The van der Waals surface area contributed by atoms with Crippen molar-refractivity contribution in [2.75, 3.05) is 0 Å². The number of alkyl halides is 3. The van der Waals surface area contributed by atoms with E-state index in [-0.39, 0.29) is 24.6 Å². The molecule has 8 heteroatoms. The van der Waals surface area contributed by atoms with E-state index in [4.69, 9.17) is 14.4 Å². The molecule has 0 bridgehead atoms. The molecule has 1 aromatic heterocycles. The molecule has 3 rings (SSSR count). The van der Waals surface area contributed by atoms with E-state index in [1.54, 1.807) is 25.1 Å². The molecule has 27 heavy (non-hydrogen) atoms. The van der Waals surface area contributed by atoms with Crippen molar-refractivity contribution in [3.05, 3.63) is 71.1 Å². The number of aromatic nitrogens is 1. The van der Waals surface area contributed by atoms with Crippen LogP contribution < -0.4 is 10.2 Å². The highest BCUT2D eigenvalue weighted by Crippen LogP contribution is 2.32. The van der Waals surface area contributed by atoms with Crippen LogP contribution in [0.5, 0.6) is 5.75 Å². The maximum absolute atomic E-state index is 12.9. The molecular formula is C19H17F3N2O3. The second-order valence-electron chi connectivity index (χ2n) is 5.87. The van der Waals surface area contributed by atoms with Crippen molar-refractivity contribution in [2.24, 2.45) is 0 Å². The van der Waals surface area contributed by atoms with Gasteiger partial charge in [-0.1, -0.05) is 18.2 Å². The number of halogens is 3. The van der Waals surface area contributed by atoms with Gasteiger partial charge < -0.3 is 14.4 Å². The molecule has 0 aliphatic carbocycles. The summed E-state index contributed by atoms with van der Waals surface area (Å²) in [6, 6.07) is 11.9. The summed E-state index contributed by atoms with van der Waals surface area (Å²) in [5.74, 6) is 1.15. The number of nitrogens with zero attached hydrogens (tertiary/aromatic N) is 1. The molecular weight excluding hydrogens is 361 g/mol. The minimum Gasteiger partial charge on any atom is -0.487 e. The van der Waals surface area contributed by atoms with Gasteiger partial charge in [-0.25, -0.2) is 10.5 Å². The van der Waals surface area contributed by atoms with Crippen LogP contribution in [0.2, 0.25) is 0 Å². The Labute approximate surface area is 153 Å². The molecule has 3 aromatic rings. The first-order valence-corrected chi connectivity index (χ1v) is 8.09. The summed E-state index contributed by atoms with van der Waals surface area (Å²) in [5, 5.41) is 8.75. The fourth-order valence-corrected chi connectivity index (χ4v) is 2.50. The van der Waals surface area contributed by atoms with Gasteiger partial charge >= 0.3 is 6.18 Å². The lowest BCUT2D eigenvalue weighted by atomic mass is 10.1. The van der Waals surface area contributed by atoms with Crippen LogP contribution in [-0.4, -0.2) is 10.2 Å². The first-order valence-electron chi connectivity index (χ1n) is 8.09. The van der Waals surface area contributed by atoms with Gasteiger partial charge in [-0.05, 0) is 42.8 Å². The maximum Gasteiger partial charge on any atom is 0.416 e. The Bertz CT molecular complexity index is 923. The minimum absolute atomic E-state index is 0.101. The molecule has 0 unspecified atom stereocenters. The predicted octanol–water partition coefficient (Wildman–Crippen LogP) is 4.73. The highest BCUT2D eigenvalue weighted by atomic mass is 19.4. The van der Waals surface area contributed by atoms with Gasteiger partial charge in [-0.15, -0.1) is 0 Å². The number of hydroxylamine groups is 1. The van der Waals surface area contributed by atoms with Crippen LogP contribution in [0.4, 0.5) is 13.2 Å². The van der Waals surface area contributed by atoms with Crippen LogP contribution in [0.1, 0.15) is 22.6 Å². The molecule has 1 heterocycles. The molecule has 0 atom stereocenters. The van der Waals surface area contributed by atoms with Crippen LogP contribution in [0.3, 0.4) is 0 Å². The SMILES string of the molecule is Cc1oc(-c2cccc(C(F)(F)F)c2)nc1COc1cccc(CNO)c1. The van der Waals surface area contributed by atoms with E-state index in [1.165, 1.54) is 12.1 Å². The number of benzene rings is 2. The third-order valence-corrected chi connectivity index (χ3v) is 3.89. The Kier molecular flexibility index (Phi) is 5.48. The molecule has 0 aliphatic heterocycles. The van der Waals surface area contributed by atoms with E-state index in [0.29, 0.717) is 17.2 Å². The molecule has 0 saturated carbocycles. The molecule has 0 spiro atoms. The fraction of sp³-hybridized carbons (Fsp3) is 0.211. The molecule has 0 fully saturated rings. The van der Waals surface area contributed by atoms with Gasteiger partial charge in [-0.3, -0.25) is 0 Å². The number of rotatable bonds is 6. The highest BCUT2D eigenvalue weighted by Gasteiger charge is 2.30. The third-order valence-electron chi connectivity index (χ3n) is 3.89. The number of aryl methyl sites for hydroxylation is 1. The van der Waals surface area contributed by atoms with Crippen molar-refractivity contribution < 1.29 is 27.5 Å². The summed E-state index contributed by atoms with van der Waals surface area (Å²) in [7, 11) is 0. The summed E-state index contributed by atoms with van der Waals surface area (Å²) in [4.78, 5) is 4.27. The molecule has 0 radical (unpaired) electrons. The van der Waals surface area contributed by atoms with E-state index in [9.17, 15) is 13.2 Å². The molecule has 2 N–H and O–H groups in total. The van der Waals surface area contributed by atoms with E-state index < -0.39 is 11.7 Å². The van der Waals surface area contributed by atoms with Gasteiger partial charge in [-0.2, -0.15) is 13.2 Å². The Morgan fingerprint density at radius 1 is 1.15 bits per heavy atom. The summed E-state index contributed by atoms with van der Waals surface area (Å²) in [6.07, 6.45) is -4.43. The zero-order valence-electron chi connectivity index (χ0n) is 14.4. The predicted molar refractivity (Wildman–Crippen MR) is 91.1 cm³/mol. The van der Waals surface area contributed by atoms with Crippen molar-refractivity contribution in [3.8, 4) is 17.2 Å². The molecule has 0 saturated heterocycles.